The lowest BCUT2D eigenvalue weighted by molar-refractivity contribution is -0.274. The van der Waals surface area contributed by atoms with E-state index in [0.717, 1.165) is 0 Å². The minimum absolute atomic E-state index is 0.339. The normalized spacial score (nSPS) is 11.7. The van der Waals surface area contributed by atoms with Crippen LogP contribution in [0.25, 0.3) is 0 Å². The Hall–Kier alpha value is -1.54. The van der Waals surface area contributed by atoms with Crippen LogP contribution >= 0.6 is 0 Å². The van der Waals surface area contributed by atoms with Gasteiger partial charge in [-0.05, 0) is 13.8 Å². The minimum atomic E-state index is -1.23. The number of hydrogen-bond donors (Lipinski definition) is 0. The Morgan fingerprint density at radius 1 is 0.750 bits per heavy atom. The van der Waals surface area contributed by atoms with Crippen molar-refractivity contribution in [2.45, 2.75) is 53.1 Å². The van der Waals surface area contributed by atoms with E-state index < -0.39 is 23.9 Å². The Bertz CT molecular complexity index is 291. The van der Waals surface area contributed by atoms with E-state index in [0.29, 0.717) is 13.2 Å². The van der Waals surface area contributed by atoms with Gasteiger partial charge in [-0.25, -0.2) is 0 Å². The molecule has 0 aliphatic heterocycles. The predicted octanol–water partition coefficient (Wildman–Crippen LogP) is 2.75. The summed E-state index contributed by atoms with van der Waals surface area (Å²) in [6, 6.07) is 0. The Kier molecular flexibility index (Phi) is 7.30. The Morgan fingerprint density at radius 3 is 1.30 bits per heavy atom. The van der Waals surface area contributed by atoms with Crippen LogP contribution in [-0.4, -0.2) is 37.1 Å². The van der Waals surface area contributed by atoms with Crippen molar-refractivity contribution in [3.8, 4) is 0 Å². The third kappa shape index (κ3) is 8.54. The van der Waals surface area contributed by atoms with Gasteiger partial charge < -0.3 is 18.9 Å². The van der Waals surface area contributed by atoms with Crippen molar-refractivity contribution >= 4 is 12.3 Å². The summed E-state index contributed by atoms with van der Waals surface area (Å²) in [6.07, 6.45) is -2.45. The number of hydrogen-bond acceptors (Lipinski definition) is 8. The van der Waals surface area contributed by atoms with Gasteiger partial charge in [0.05, 0.1) is 0 Å². The van der Waals surface area contributed by atoms with Gasteiger partial charge in [-0.3, -0.25) is 0 Å². The molecule has 118 valence electrons. The molecule has 0 spiro atoms. The third-order valence-corrected chi connectivity index (χ3v) is 1.82. The van der Waals surface area contributed by atoms with Gasteiger partial charge in [0.15, 0.2) is 0 Å². The molecule has 0 radical (unpaired) electrons. The molecule has 20 heavy (non-hydrogen) atoms. The summed E-state index contributed by atoms with van der Waals surface area (Å²) in [6.45, 7) is 10.2. The second-order valence-electron chi connectivity index (χ2n) is 4.54. The summed E-state index contributed by atoms with van der Waals surface area (Å²) < 4.78 is 19.7. The SMILES string of the molecule is CCOC(C)(C)OC(=O)OOC(=O)OC(C)(C)OCC. The Labute approximate surface area is 118 Å². The molecule has 0 N–H and O–H groups in total. The molecular formula is C12H22O8. The van der Waals surface area contributed by atoms with Gasteiger partial charge in [-0.1, -0.05) is 0 Å². The highest BCUT2D eigenvalue weighted by molar-refractivity contribution is 5.64. The van der Waals surface area contributed by atoms with Crippen LogP contribution < -0.4 is 0 Å². The van der Waals surface area contributed by atoms with Gasteiger partial charge in [0.2, 0.25) is 11.6 Å². The summed E-state index contributed by atoms with van der Waals surface area (Å²) in [7, 11) is 0. The monoisotopic (exact) mass is 294 g/mol. The fourth-order valence-electron chi connectivity index (χ4n) is 1.26. The lowest BCUT2D eigenvalue weighted by Gasteiger charge is -2.24. The highest BCUT2D eigenvalue weighted by atomic mass is 17.3. The standard InChI is InChI=1S/C12H22O8/c1-7-15-11(3,4)17-9(13)19-20-10(14)18-12(5,6)16-8-2/h7-8H2,1-6H3. The number of rotatable bonds is 6. The van der Waals surface area contributed by atoms with Crippen LogP contribution in [0.4, 0.5) is 9.59 Å². The van der Waals surface area contributed by atoms with Crippen LogP contribution in [0.5, 0.6) is 0 Å². The first-order valence-electron chi connectivity index (χ1n) is 6.20. The average molecular weight is 294 g/mol. The van der Waals surface area contributed by atoms with Gasteiger partial charge in [0.25, 0.3) is 0 Å². The summed E-state index contributed by atoms with van der Waals surface area (Å²) in [5, 5.41) is 0. The molecule has 0 heterocycles. The molecule has 0 amide bonds. The van der Waals surface area contributed by atoms with E-state index in [1.54, 1.807) is 13.8 Å². The van der Waals surface area contributed by atoms with Crippen LogP contribution in [0.15, 0.2) is 0 Å². The van der Waals surface area contributed by atoms with Crippen molar-refractivity contribution in [2.24, 2.45) is 0 Å². The topological polar surface area (TPSA) is 89.5 Å². The molecule has 0 fully saturated rings. The maximum atomic E-state index is 11.2. The molecule has 0 aromatic rings. The summed E-state index contributed by atoms with van der Waals surface area (Å²) in [4.78, 5) is 30.8. The van der Waals surface area contributed by atoms with Crippen molar-refractivity contribution in [1.29, 1.82) is 0 Å². The number of ether oxygens (including phenoxy) is 4. The zero-order chi connectivity index (χ0) is 15.8. The first-order chi connectivity index (χ1) is 9.12. The van der Waals surface area contributed by atoms with Crippen LogP contribution in [0, 0.1) is 0 Å². The third-order valence-electron chi connectivity index (χ3n) is 1.82. The zero-order valence-corrected chi connectivity index (χ0v) is 12.7. The van der Waals surface area contributed by atoms with Crippen LogP contribution in [-0.2, 0) is 28.7 Å². The van der Waals surface area contributed by atoms with Gasteiger partial charge in [-0.2, -0.15) is 19.4 Å². The quantitative estimate of drug-likeness (QED) is 0.320. The molecular weight excluding hydrogens is 272 g/mol. The Morgan fingerprint density at radius 2 is 1.05 bits per heavy atom. The summed E-state index contributed by atoms with van der Waals surface area (Å²) in [5.74, 6) is -2.38. The van der Waals surface area contributed by atoms with Gasteiger partial charge in [-0.15, -0.1) is 0 Å². The number of carbonyl (C=O) groups is 2. The van der Waals surface area contributed by atoms with E-state index in [1.807, 2.05) is 0 Å². The van der Waals surface area contributed by atoms with Crippen LogP contribution in [0.1, 0.15) is 41.5 Å². The molecule has 0 unspecified atom stereocenters. The van der Waals surface area contributed by atoms with Crippen molar-refractivity contribution in [3.05, 3.63) is 0 Å². The molecule has 8 heteroatoms. The lowest BCUT2D eigenvalue weighted by atomic mass is 10.4. The average Bonchev–Trinajstić information content (AvgIpc) is 2.24. The first kappa shape index (κ1) is 18.5. The Balaban J connectivity index is 4.10. The predicted molar refractivity (Wildman–Crippen MR) is 66.5 cm³/mol. The summed E-state index contributed by atoms with van der Waals surface area (Å²) in [5.41, 5.74) is 0. The second kappa shape index (κ2) is 7.91. The molecule has 0 aromatic carbocycles. The lowest BCUT2D eigenvalue weighted by Crippen LogP contribution is -2.34. The fraction of sp³-hybridized carbons (Fsp3) is 0.833. The van der Waals surface area contributed by atoms with Crippen molar-refractivity contribution in [1.82, 2.24) is 0 Å². The van der Waals surface area contributed by atoms with Gasteiger partial charge >= 0.3 is 12.3 Å². The molecule has 0 aliphatic rings. The number of carbonyl (C=O) groups excluding carboxylic acids is 2. The maximum absolute atomic E-state index is 11.2. The second-order valence-corrected chi connectivity index (χ2v) is 4.54. The van der Waals surface area contributed by atoms with Crippen molar-refractivity contribution in [3.63, 3.8) is 0 Å². The van der Waals surface area contributed by atoms with Gasteiger partial charge in [0.1, 0.15) is 0 Å². The molecule has 0 saturated heterocycles. The fourth-order valence-corrected chi connectivity index (χ4v) is 1.26. The smallest absolute Gasteiger partial charge is 0.400 e. The van der Waals surface area contributed by atoms with E-state index in [2.05, 4.69) is 9.78 Å². The molecule has 8 nitrogen and oxygen atoms in total. The first-order valence-corrected chi connectivity index (χ1v) is 6.20. The zero-order valence-electron chi connectivity index (χ0n) is 12.7. The summed E-state index contributed by atoms with van der Waals surface area (Å²) >= 11 is 0. The molecule has 0 saturated carbocycles. The molecule has 0 aliphatic carbocycles. The molecule has 0 aromatic heterocycles. The largest absolute Gasteiger partial charge is 0.552 e. The van der Waals surface area contributed by atoms with Crippen LogP contribution in [0.3, 0.4) is 0 Å². The van der Waals surface area contributed by atoms with Crippen LogP contribution in [0.2, 0.25) is 0 Å². The van der Waals surface area contributed by atoms with E-state index >= 15 is 0 Å². The molecule has 0 rings (SSSR count). The van der Waals surface area contributed by atoms with E-state index in [1.165, 1.54) is 27.7 Å². The van der Waals surface area contributed by atoms with Crippen molar-refractivity contribution in [2.75, 3.05) is 13.2 Å². The van der Waals surface area contributed by atoms with Gasteiger partial charge in [0, 0.05) is 40.9 Å². The van der Waals surface area contributed by atoms with Crippen molar-refractivity contribution < 1.29 is 38.3 Å². The molecule has 0 bridgehead atoms. The highest BCUT2D eigenvalue weighted by Crippen LogP contribution is 2.14. The minimum Gasteiger partial charge on any atom is -0.400 e. The maximum Gasteiger partial charge on any atom is 0.552 e. The van der Waals surface area contributed by atoms with E-state index in [4.69, 9.17) is 18.9 Å². The highest BCUT2D eigenvalue weighted by Gasteiger charge is 2.28. The van der Waals surface area contributed by atoms with E-state index in [-0.39, 0.29) is 0 Å². The van der Waals surface area contributed by atoms with E-state index in [9.17, 15) is 9.59 Å². The molecule has 0 atom stereocenters.